The maximum Gasteiger partial charge on any atom is 0.131 e. The second kappa shape index (κ2) is 5.77. The number of hydrogen-bond donors (Lipinski definition) is 1. The number of hydrogen-bond acceptors (Lipinski definition) is 5. The first-order valence-corrected chi connectivity index (χ1v) is 5.73. The summed E-state index contributed by atoms with van der Waals surface area (Å²) in [5.74, 6) is 1.01. The average molecular weight is 222 g/mol. The van der Waals surface area contributed by atoms with Crippen LogP contribution in [0.4, 0.5) is 5.82 Å². The van der Waals surface area contributed by atoms with E-state index in [9.17, 15) is 0 Å². The van der Waals surface area contributed by atoms with E-state index in [1.165, 1.54) is 0 Å². The van der Waals surface area contributed by atoms with Crippen molar-refractivity contribution in [3.63, 3.8) is 0 Å². The summed E-state index contributed by atoms with van der Waals surface area (Å²) in [6.45, 7) is 3.25. The Hall–Kier alpha value is -1.20. The molecule has 16 heavy (non-hydrogen) atoms. The van der Waals surface area contributed by atoms with Gasteiger partial charge in [0.05, 0.1) is 12.7 Å². The highest BCUT2D eigenvalue weighted by Crippen LogP contribution is 2.18. The quantitative estimate of drug-likeness (QED) is 0.800. The van der Waals surface area contributed by atoms with Crippen LogP contribution in [0.5, 0.6) is 0 Å². The van der Waals surface area contributed by atoms with E-state index in [0.29, 0.717) is 19.3 Å². The zero-order valence-corrected chi connectivity index (χ0v) is 9.38. The van der Waals surface area contributed by atoms with E-state index in [2.05, 4.69) is 14.9 Å². The van der Waals surface area contributed by atoms with Gasteiger partial charge >= 0.3 is 0 Å². The molecule has 1 saturated heterocycles. The molecule has 0 aromatic carbocycles. The van der Waals surface area contributed by atoms with Crippen molar-refractivity contribution in [3.8, 4) is 0 Å². The van der Waals surface area contributed by atoms with Crippen LogP contribution in [0.15, 0.2) is 18.6 Å². The SMILES string of the molecule is NCCOC1CCN(c2ccncn2)CC1. The molecule has 88 valence electrons. The maximum atomic E-state index is 5.63. The lowest BCUT2D eigenvalue weighted by Crippen LogP contribution is -2.38. The van der Waals surface area contributed by atoms with Gasteiger partial charge in [0.2, 0.25) is 0 Å². The second-order valence-corrected chi connectivity index (χ2v) is 3.91. The van der Waals surface area contributed by atoms with Gasteiger partial charge in [0.1, 0.15) is 12.1 Å². The molecule has 2 N–H and O–H groups in total. The minimum atomic E-state index is 0.363. The molecule has 0 radical (unpaired) electrons. The van der Waals surface area contributed by atoms with Crippen LogP contribution in [0.2, 0.25) is 0 Å². The maximum absolute atomic E-state index is 5.63. The third-order valence-electron chi connectivity index (χ3n) is 2.80. The number of nitrogens with zero attached hydrogens (tertiary/aromatic N) is 3. The first-order chi connectivity index (χ1) is 7.90. The number of aromatic nitrogens is 2. The predicted octanol–water partition coefficient (Wildman–Crippen LogP) is 0.421. The van der Waals surface area contributed by atoms with Crippen LogP contribution in [0.3, 0.4) is 0 Å². The first-order valence-electron chi connectivity index (χ1n) is 5.73. The van der Waals surface area contributed by atoms with Crippen molar-refractivity contribution in [2.45, 2.75) is 18.9 Å². The Kier molecular flexibility index (Phi) is 4.07. The standard InChI is InChI=1S/C11H18N4O/c12-4-8-16-10-2-6-15(7-3-10)11-1-5-13-9-14-11/h1,5,9-10H,2-4,6-8,12H2. The lowest BCUT2D eigenvalue weighted by atomic mass is 10.1. The molecular formula is C11H18N4O. The van der Waals surface area contributed by atoms with Crippen molar-refractivity contribution >= 4 is 5.82 Å². The van der Waals surface area contributed by atoms with Crippen molar-refractivity contribution in [1.29, 1.82) is 0 Å². The molecule has 2 heterocycles. The molecule has 0 unspecified atom stereocenters. The van der Waals surface area contributed by atoms with E-state index in [-0.39, 0.29) is 0 Å². The van der Waals surface area contributed by atoms with E-state index >= 15 is 0 Å². The highest BCUT2D eigenvalue weighted by atomic mass is 16.5. The van der Waals surface area contributed by atoms with Gasteiger partial charge in [-0.2, -0.15) is 0 Å². The molecule has 5 heteroatoms. The number of rotatable bonds is 4. The number of anilines is 1. The summed E-state index contributed by atoms with van der Waals surface area (Å²) in [7, 11) is 0. The smallest absolute Gasteiger partial charge is 0.131 e. The van der Waals surface area contributed by atoms with Gasteiger partial charge in [0.25, 0.3) is 0 Å². The lowest BCUT2D eigenvalue weighted by molar-refractivity contribution is 0.0421. The Morgan fingerprint density at radius 2 is 2.25 bits per heavy atom. The molecule has 1 aromatic rings. The summed E-state index contributed by atoms with van der Waals surface area (Å²) in [6, 6.07) is 1.95. The summed E-state index contributed by atoms with van der Waals surface area (Å²) >= 11 is 0. The van der Waals surface area contributed by atoms with Gasteiger partial charge in [-0.15, -0.1) is 0 Å². The lowest BCUT2D eigenvalue weighted by Gasteiger charge is -2.32. The zero-order valence-electron chi connectivity index (χ0n) is 9.38. The number of nitrogens with two attached hydrogens (primary N) is 1. The van der Waals surface area contributed by atoms with Gasteiger partial charge in [-0.3, -0.25) is 0 Å². The van der Waals surface area contributed by atoms with Gasteiger partial charge < -0.3 is 15.4 Å². The Morgan fingerprint density at radius 3 is 2.88 bits per heavy atom. The van der Waals surface area contributed by atoms with Crippen LogP contribution in [-0.4, -0.2) is 42.3 Å². The fourth-order valence-electron chi connectivity index (χ4n) is 1.96. The van der Waals surface area contributed by atoms with Crippen molar-refractivity contribution in [1.82, 2.24) is 9.97 Å². The Labute approximate surface area is 95.6 Å². The molecular weight excluding hydrogens is 204 g/mol. The highest BCUT2D eigenvalue weighted by molar-refractivity contribution is 5.36. The normalized spacial score (nSPS) is 17.7. The summed E-state index contributed by atoms with van der Waals surface area (Å²) in [5, 5.41) is 0. The van der Waals surface area contributed by atoms with Gasteiger partial charge in [0, 0.05) is 25.8 Å². The molecule has 0 aliphatic carbocycles. The molecule has 0 bridgehead atoms. The van der Waals surface area contributed by atoms with E-state index < -0.39 is 0 Å². The van der Waals surface area contributed by atoms with Crippen molar-refractivity contribution in [2.75, 3.05) is 31.1 Å². The van der Waals surface area contributed by atoms with E-state index in [1.54, 1.807) is 12.5 Å². The summed E-state index contributed by atoms with van der Waals surface area (Å²) in [6.07, 6.45) is 5.82. The van der Waals surface area contributed by atoms with Crippen LogP contribution in [0.1, 0.15) is 12.8 Å². The number of piperidine rings is 1. The molecule has 1 aliphatic heterocycles. The van der Waals surface area contributed by atoms with E-state index in [0.717, 1.165) is 31.7 Å². The molecule has 5 nitrogen and oxygen atoms in total. The third kappa shape index (κ3) is 2.90. The molecule has 0 spiro atoms. The largest absolute Gasteiger partial charge is 0.377 e. The van der Waals surface area contributed by atoms with Crippen molar-refractivity contribution < 1.29 is 4.74 Å². The number of ether oxygens (including phenoxy) is 1. The molecule has 1 aromatic heterocycles. The van der Waals surface area contributed by atoms with Crippen molar-refractivity contribution in [3.05, 3.63) is 18.6 Å². The van der Waals surface area contributed by atoms with Crippen LogP contribution in [-0.2, 0) is 4.74 Å². The first kappa shape index (κ1) is 11.3. The van der Waals surface area contributed by atoms with Crippen LogP contribution >= 0.6 is 0 Å². The fraction of sp³-hybridized carbons (Fsp3) is 0.636. The topological polar surface area (TPSA) is 64.3 Å². The van der Waals surface area contributed by atoms with Gasteiger partial charge in [0.15, 0.2) is 0 Å². The fourth-order valence-corrected chi connectivity index (χ4v) is 1.96. The third-order valence-corrected chi connectivity index (χ3v) is 2.80. The molecule has 1 aliphatic rings. The van der Waals surface area contributed by atoms with Gasteiger partial charge in [-0.05, 0) is 18.9 Å². The zero-order chi connectivity index (χ0) is 11.2. The predicted molar refractivity (Wildman–Crippen MR) is 62.3 cm³/mol. The van der Waals surface area contributed by atoms with Crippen molar-refractivity contribution in [2.24, 2.45) is 5.73 Å². The van der Waals surface area contributed by atoms with Crippen LogP contribution in [0, 0.1) is 0 Å². The average Bonchev–Trinajstić information content (AvgIpc) is 2.38. The Morgan fingerprint density at radius 1 is 1.44 bits per heavy atom. The molecule has 0 amide bonds. The summed E-state index contributed by atoms with van der Waals surface area (Å²) in [4.78, 5) is 10.4. The second-order valence-electron chi connectivity index (χ2n) is 3.91. The minimum Gasteiger partial charge on any atom is -0.377 e. The molecule has 0 saturated carbocycles. The van der Waals surface area contributed by atoms with E-state index in [4.69, 9.17) is 10.5 Å². The molecule has 0 atom stereocenters. The van der Waals surface area contributed by atoms with Crippen LogP contribution in [0.25, 0.3) is 0 Å². The highest BCUT2D eigenvalue weighted by Gasteiger charge is 2.19. The van der Waals surface area contributed by atoms with Crippen LogP contribution < -0.4 is 10.6 Å². The molecule has 1 fully saturated rings. The monoisotopic (exact) mass is 222 g/mol. The van der Waals surface area contributed by atoms with Gasteiger partial charge in [-0.25, -0.2) is 9.97 Å². The van der Waals surface area contributed by atoms with E-state index in [1.807, 2.05) is 6.07 Å². The minimum absolute atomic E-state index is 0.363. The van der Waals surface area contributed by atoms with Gasteiger partial charge in [-0.1, -0.05) is 0 Å². The Bertz CT molecular complexity index is 298. The Balaban J connectivity index is 1.81. The summed E-state index contributed by atoms with van der Waals surface area (Å²) in [5.41, 5.74) is 5.41. The summed E-state index contributed by atoms with van der Waals surface area (Å²) < 4.78 is 5.63. The molecule has 2 rings (SSSR count).